The highest BCUT2D eigenvalue weighted by Crippen LogP contribution is 2.32. The summed E-state index contributed by atoms with van der Waals surface area (Å²) < 4.78 is 13.9. The molecule has 1 fully saturated rings. The van der Waals surface area contributed by atoms with Gasteiger partial charge in [-0.1, -0.05) is 0 Å². The van der Waals surface area contributed by atoms with Crippen molar-refractivity contribution in [2.24, 2.45) is 0 Å². The number of nitriles is 1. The highest BCUT2D eigenvalue weighted by atomic mass is 19.1. The lowest BCUT2D eigenvalue weighted by atomic mass is 10.0. The summed E-state index contributed by atoms with van der Waals surface area (Å²) in [5, 5.41) is 19.7. The molecule has 1 aromatic carbocycles. The van der Waals surface area contributed by atoms with Gasteiger partial charge in [-0.2, -0.15) is 5.26 Å². The zero-order chi connectivity index (χ0) is 17.3. The number of pyridine rings is 1. The molecule has 2 aromatic rings. The van der Waals surface area contributed by atoms with E-state index in [2.05, 4.69) is 20.9 Å². The van der Waals surface area contributed by atoms with Crippen LogP contribution in [0.3, 0.4) is 0 Å². The van der Waals surface area contributed by atoms with Gasteiger partial charge in [-0.3, -0.25) is 9.88 Å². The van der Waals surface area contributed by atoms with E-state index in [0.717, 1.165) is 42.9 Å². The number of β-amino-alcohol motifs (C(OH)–C–C–N with tert-alkyl or cyclic N) is 1. The summed E-state index contributed by atoms with van der Waals surface area (Å²) in [6, 6.07) is 5.12. The van der Waals surface area contributed by atoms with Gasteiger partial charge in [-0.05, 0) is 31.5 Å². The number of rotatable bonds is 3. The van der Waals surface area contributed by atoms with Crippen molar-refractivity contribution in [3.8, 4) is 6.07 Å². The molecule has 0 spiro atoms. The Morgan fingerprint density at radius 2 is 2.04 bits per heavy atom. The van der Waals surface area contributed by atoms with Crippen LogP contribution in [-0.2, 0) is 0 Å². The van der Waals surface area contributed by atoms with Gasteiger partial charge in [-0.15, -0.1) is 0 Å². The molecule has 1 atom stereocenters. The van der Waals surface area contributed by atoms with Gasteiger partial charge >= 0.3 is 0 Å². The fraction of sp³-hybridized carbons (Fsp3) is 0.444. The molecule has 126 valence electrons. The van der Waals surface area contributed by atoms with Gasteiger partial charge in [-0.25, -0.2) is 4.39 Å². The van der Waals surface area contributed by atoms with E-state index in [-0.39, 0.29) is 11.9 Å². The van der Waals surface area contributed by atoms with E-state index in [0.29, 0.717) is 17.5 Å². The number of hydrogen-bond acceptors (Lipinski definition) is 5. The van der Waals surface area contributed by atoms with Crippen LogP contribution in [0.1, 0.15) is 18.1 Å². The second-order valence-corrected chi connectivity index (χ2v) is 6.39. The van der Waals surface area contributed by atoms with Gasteiger partial charge in [0.25, 0.3) is 0 Å². The standard InChI is InChI=1S/C18H21FN4O/c1-12-7-15(19)8-16-17(12)21-10-14(9-20)18(16)23-5-3-22(4-6-23)11-13(2)24/h7-8,10,13,24H,3-6,11H2,1-2H3/t13-/m1/s1. The molecule has 0 radical (unpaired) electrons. The zero-order valence-electron chi connectivity index (χ0n) is 14.0. The normalized spacial score (nSPS) is 17.0. The molecule has 5 nitrogen and oxygen atoms in total. The number of aliphatic hydroxyl groups is 1. The number of anilines is 1. The van der Waals surface area contributed by atoms with Crippen LogP contribution in [0.25, 0.3) is 10.9 Å². The minimum absolute atomic E-state index is 0.314. The number of nitrogens with zero attached hydrogens (tertiary/aromatic N) is 4. The maximum atomic E-state index is 13.9. The molecule has 1 saturated heterocycles. The van der Waals surface area contributed by atoms with Gasteiger partial charge in [0.05, 0.1) is 22.9 Å². The van der Waals surface area contributed by atoms with E-state index in [1.54, 1.807) is 13.1 Å². The fourth-order valence-electron chi connectivity index (χ4n) is 3.37. The van der Waals surface area contributed by atoms with Crippen LogP contribution in [0.2, 0.25) is 0 Å². The number of aliphatic hydroxyl groups excluding tert-OH is 1. The van der Waals surface area contributed by atoms with Gasteiger partial charge in [0.15, 0.2) is 0 Å². The van der Waals surface area contributed by atoms with Crippen LogP contribution in [0, 0.1) is 24.1 Å². The Morgan fingerprint density at radius 3 is 2.67 bits per heavy atom. The second-order valence-electron chi connectivity index (χ2n) is 6.39. The maximum absolute atomic E-state index is 13.9. The summed E-state index contributed by atoms with van der Waals surface area (Å²) in [7, 11) is 0. The van der Waals surface area contributed by atoms with Crippen molar-refractivity contribution in [2.45, 2.75) is 20.0 Å². The molecule has 0 amide bonds. The molecule has 1 aliphatic rings. The first-order valence-corrected chi connectivity index (χ1v) is 8.14. The number of halogens is 1. The molecule has 6 heteroatoms. The quantitative estimate of drug-likeness (QED) is 0.934. The van der Waals surface area contributed by atoms with E-state index >= 15 is 0 Å². The van der Waals surface area contributed by atoms with Crippen LogP contribution in [-0.4, -0.2) is 53.8 Å². The summed E-state index contributed by atoms with van der Waals surface area (Å²) in [6.45, 7) is 7.31. The highest BCUT2D eigenvalue weighted by Gasteiger charge is 2.23. The monoisotopic (exact) mass is 328 g/mol. The third kappa shape index (κ3) is 3.18. The summed E-state index contributed by atoms with van der Waals surface area (Å²) >= 11 is 0. The highest BCUT2D eigenvalue weighted by molar-refractivity contribution is 5.96. The Morgan fingerprint density at radius 1 is 1.33 bits per heavy atom. The third-order valence-electron chi connectivity index (χ3n) is 4.43. The van der Waals surface area contributed by atoms with E-state index in [1.807, 2.05) is 6.92 Å². The number of fused-ring (bicyclic) bond motifs is 1. The first-order chi connectivity index (χ1) is 11.5. The van der Waals surface area contributed by atoms with Crippen LogP contribution in [0.5, 0.6) is 0 Å². The summed E-state index contributed by atoms with van der Waals surface area (Å²) in [5.41, 5.74) is 2.73. The molecule has 0 aliphatic carbocycles. The Labute approximate surface area is 140 Å². The Bertz CT molecular complexity index is 792. The molecular weight excluding hydrogens is 307 g/mol. The van der Waals surface area contributed by atoms with Gasteiger partial charge in [0, 0.05) is 44.3 Å². The van der Waals surface area contributed by atoms with E-state index < -0.39 is 0 Å². The van der Waals surface area contributed by atoms with Crippen molar-refractivity contribution in [1.29, 1.82) is 5.26 Å². The number of benzene rings is 1. The average molecular weight is 328 g/mol. The number of aromatic nitrogens is 1. The third-order valence-corrected chi connectivity index (χ3v) is 4.43. The molecule has 3 rings (SSSR count). The largest absolute Gasteiger partial charge is 0.392 e. The lowest BCUT2D eigenvalue weighted by molar-refractivity contribution is 0.123. The van der Waals surface area contributed by atoms with Crippen LogP contribution >= 0.6 is 0 Å². The molecule has 24 heavy (non-hydrogen) atoms. The summed E-state index contributed by atoms with van der Waals surface area (Å²) in [6.07, 6.45) is 1.22. The molecule has 1 N–H and O–H groups in total. The Hall–Kier alpha value is -2.23. The van der Waals surface area contributed by atoms with Crippen molar-refractivity contribution in [3.63, 3.8) is 0 Å². The van der Waals surface area contributed by atoms with Crippen molar-refractivity contribution >= 4 is 16.6 Å². The molecule has 0 bridgehead atoms. The summed E-state index contributed by atoms with van der Waals surface area (Å²) in [5.74, 6) is -0.314. The van der Waals surface area contributed by atoms with Crippen LogP contribution in [0.4, 0.5) is 10.1 Å². The van der Waals surface area contributed by atoms with Crippen molar-refractivity contribution in [2.75, 3.05) is 37.6 Å². The minimum Gasteiger partial charge on any atom is -0.392 e. The Kier molecular flexibility index (Phi) is 4.65. The van der Waals surface area contributed by atoms with E-state index in [4.69, 9.17) is 0 Å². The molecule has 2 heterocycles. The van der Waals surface area contributed by atoms with Crippen molar-refractivity contribution in [3.05, 3.63) is 35.3 Å². The molecule has 1 aromatic heterocycles. The van der Waals surface area contributed by atoms with Crippen molar-refractivity contribution < 1.29 is 9.50 Å². The Balaban J connectivity index is 1.98. The number of hydrogen-bond donors (Lipinski definition) is 1. The predicted molar refractivity (Wildman–Crippen MR) is 91.5 cm³/mol. The molecular formula is C18H21FN4O. The number of piperazine rings is 1. The number of aryl methyl sites for hydroxylation is 1. The average Bonchev–Trinajstić information content (AvgIpc) is 2.54. The van der Waals surface area contributed by atoms with Crippen molar-refractivity contribution in [1.82, 2.24) is 9.88 Å². The van der Waals surface area contributed by atoms with Crippen LogP contribution < -0.4 is 4.90 Å². The van der Waals surface area contributed by atoms with E-state index in [1.165, 1.54) is 12.1 Å². The molecule has 0 unspecified atom stereocenters. The fourth-order valence-corrected chi connectivity index (χ4v) is 3.37. The first kappa shape index (κ1) is 16.6. The lowest BCUT2D eigenvalue weighted by Gasteiger charge is -2.37. The second kappa shape index (κ2) is 6.71. The van der Waals surface area contributed by atoms with Gasteiger partial charge in [0.1, 0.15) is 11.9 Å². The zero-order valence-corrected chi connectivity index (χ0v) is 14.0. The van der Waals surface area contributed by atoms with E-state index in [9.17, 15) is 14.8 Å². The molecule has 1 aliphatic heterocycles. The topological polar surface area (TPSA) is 63.4 Å². The minimum atomic E-state index is -0.357. The summed E-state index contributed by atoms with van der Waals surface area (Å²) in [4.78, 5) is 8.66. The SMILES string of the molecule is Cc1cc(F)cc2c(N3CCN(C[C@@H](C)O)CC3)c(C#N)cnc12. The van der Waals surface area contributed by atoms with Gasteiger partial charge < -0.3 is 10.0 Å². The van der Waals surface area contributed by atoms with Crippen LogP contribution in [0.15, 0.2) is 18.3 Å². The maximum Gasteiger partial charge on any atom is 0.124 e. The lowest BCUT2D eigenvalue weighted by Crippen LogP contribution is -2.48. The first-order valence-electron chi connectivity index (χ1n) is 8.14. The predicted octanol–water partition coefficient (Wildman–Crippen LogP) is 2.06. The smallest absolute Gasteiger partial charge is 0.124 e. The molecule has 0 saturated carbocycles. The van der Waals surface area contributed by atoms with Gasteiger partial charge in [0.2, 0.25) is 0 Å².